The Morgan fingerprint density at radius 1 is 1.14 bits per heavy atom. The molecule has 0 aromatic carbocycles. The summed E-state index contributed by atoms with van der Waals surface area (Å²) >= 11 is 0. The van der Waals surface area contributed by atoms with E-state index in [1.165, 1.54) is 10.3 Å². The summed E-state index contributed by atoms with van der Waals surface area (Å²) in [5.74, 6) is 0. The van der Waals surface area contributed by atoms with Crippen molar-refractivity contribution in [2.45, 2.75) is 39.8 Å². The average molecular weight is 345 g/mol. The zero-order valence-electron chi connectivity index (χ0n) is 8.82. The maximum absolute atomic E-state index is 5.61. The first-order chi connectivity index (χ1) is 6.02. The van der Waals surface area contributed by atoms with Crippen molar-refractivity contribution in [3.63, 3.8) is 0 Å². The molecule has 2 N–H and O–H groups in total. The maximum Gasteiger partial charge on any atom is 0.391 e. The van der Waals surface area contributed by atoms with E-state index >= 15 is 0 Å². The van der Waals surface area contributed by atoms with Crippen LogP contribution in [0.3, 0.4) is 0 Å². The highest BCUT2D eigenvalue weighted by Crippen LogP contribution is 2.07. The van der Waals surface area contributed by atoms with Gasteiger partial charge in [0.1, 0.15) is 0 Å². The van der Waals surface area contributed by atoms with Crippen molar-refractivity contribution < 1.29 is 24.0 Å². The number of hydrogen-bond acceptors (Lipinski definition) is 4. The van der Waals surface area contributed by atoms with Crippen LogP contribution >= 0.6 is 20.7 Å². The number of nitrogens with zero attached hydrogens (tertiary/aromatic N) is 2. The molecule has 0 saturated heterocycles. The van der Waals surface area contributed by atoms with Gasteiger partial charge in [-0.1, -0.05) is 0 Å². The fourth-order valence-electron chi connectivity index (χ4n) is 1.35. The highest BCUT2D eigenvalue weighted by atomic mass is 127. The Bertz CT molecular complexity index is 330. The van der Waals surface area contributed by atoms with Crippen LogP contribution in [0.1, 0.15) is 27.7 Å². The van der Waals surface area contributed by atoms with Crippen molar-refractivity contribution in [2.24, 2.45) is 0 Å². The van der Waals surface area contributed by atoms with Gasteiger partial charge in [-0.2, -0.15) is 0 Å². The second-order valence-corrected chi connectivity index (χ2v) is 5.61. The topological polar surface area (TPSA) is 41.9 Å². The number of hydrogen-bond donors (Lipinski definition) is 1. The Morgan fingerprint density at radius 2 is 1.64 bits per heavy atom. The molecule has 0 aliphatic carbocycles. The van der Waals surface area contributed by atoms with E-state index in [-0.39, 0.29) is 24.0 Å². The summed E-state index contributed by atoms with van der Waals surface area (Å²) in [4.78, 5) is 5.33. The van der Waals surface area contributed by atoms with Crippen molar-refractivity contribution in [1.29, 1.82) is 0 Å². The lowest BCUT2D eigenvalue weighted by molar-refractivity contribution is -0.00000328. The summed E-state index contributed by atoms with van der Waals surface area (Å²) in [6.45, 7) is 8.68. The first-order valence-corrected chi connectivity index (χ1v) is 6.51. The van der Waals surface area contributed by atoms with Crippen molar-refractivity contribution in [3.05, 3.63) is 4.80 Å². The third-order valence-electron chi connectivity index (χ3n) is 1.74. The second-order valence-electron chi connectivity index (χ2n) is 3.49. The zero-order chi connectivity index (χ0) is 10.0. The zero-order valence-corrected chi connectivity index (χ0v) is 12.6. The molecular weight excluding hydrogens is 329 g/mol. The monoisotopic (exact) mass is 345 g/mol. The van der Waals surface area contributed by atoms with E-state index in [1.54, 1.807) is 10.3 Å². The van der Waals surface area contributed by atoms with Crippen molar-refractivity contribution in [1.82, 2.24) is 9.56 Å². The standard InChI is InChI=1S/C8H15N3S2.HI/c1-5(2)11(6(3)4)8-10-7(9)12-13-8;/h5-6,9H,1-4H3;1H. The number of rotatable bonds is 2. The van der Waals surface area contributed by atoms with Crippen molar-refractivity contribution in [3.8, 4) is 0 Å². The molecule has 1 rings (SSSR count). The van der Waals surface area contributed by atoms with Gasteiger partial charge in [0.15, 0.2) is 0 Å². The number of halogens is 1. The molecule has 0 saturated carbocycles. The summed E-state index contributed by atoms with van der Waals surface area (Å²) in [5, 5.41) is 0.659. The molecule has 1 aromatic heterocycles. The minimum Gasteiger partial charge on any atom is -1.00 e. The summed E-state index contributed by atoms with van der Waals surface area (Å²) in [7, 11) is 3.18. The van der Waals surface area contributed by atoms with E-state index < -0.39 is 0 Å². The Balaban J connectivity index is 0.00000169. The van der Waals surface area contributed by atoms with Gasteiger partial charge in [0.2, 0.25) is 0 Å². The van der Waals surface area contributed by atoms with Crippen LogP contribution in [0.4, 0.5) is 5.13 Å². The molecule has 0 spiro atoms. The average Bonchev–Trinajstić information content (AvgIpc) is 2.34. The van der Waals surface area contributed by atoms with E-state index in [4.69, 9.17) is 5.73 Å². The van der Waals surface area contributed by atoms with Crippen LogP contribution in [-0.2, 0) is 0 Å². The molecule has 14 heavy (non-hydrogen) atoms. The molecule has 1 heterocycles. The van der Waals surface area contributed by atoms with Crippen LogP contribution in [0.15, 0.2) is 0 Å². The number of nitrogens with two attached hydrogens (primary N) is 1. The predicted octanol–water partition coefficient (Wildman–Crippen LogP) is -1.62. The quantitative estimate of drug-likeness (QED) is 0.398. The van der Waals surface area contributed by atoms with E-state index in [0.717, 1.165) is 4.80 Å². The third-order valence-corrected chi connectivity index (χ3v) is 3.75. The number of anilines is 1. The lowest BCUT2D eigenvalue weighted by Crippen LogP contribution is -3.00. The second kappa shape index (κ2) is 6.02. The first-order valence-electron chi connectivity index (χ1n) is 4.36. The van der Waals surface area contributed by atoms with Gasteiger partial charge in [-0.05, 0) is 38.0 Å². The van der Waals surface area contributed by atoms with E-state index in [2.05, 4.69) is 37.3 Å². The van der Waals surface area contributed by atoms with Gasteiger partial charge >= 0.3 is 9.93 Å². The first kappa shape index (κ1) is 14.3. The van der Waals surface area contributed by atoms with Gasteiger partial charge in [0.05, 0.1) is 12.1 Å². The number of aromatic nitrogens is 1. The Kier molecular flexibility index (Phi) is 6.15. The lowest BCUT2D eigenvalue weighted by Gasteiger charge is -2.12. The lowest BCUT2D eigenvalue weighted by atomic mass is 10.3. The van der Waals surface area contributed by atoms with Crippen LogP contribution in [0.25, 0.3) is 0 Å². The summed E-state index contributed by atoms with van der Waals surface area (Å²) in [6.07, 6.45) is 0. The molecule has 0 aliphatic heterocycles. The molecule has 0 amide bonds. The smallest absolute Gasteiger partial charge is 0.391 e. The Hall–Kier alpha value is 0.310. The minimum absolute atomic E-state index is 0. The molecule has 3 nitrogen and oxygen atoms in total. The summed E-state index contributed by atoms with van der Waals surface area (Å²) in [5.41, 5.74) is 5.61. The normalized spacial score (nSPS) is 10.4. The molecule has 0 fully saturated rings. The highest BCUT2D eigenvalue weighted by molar-refractivity contribution is 7.69. The van der Waals surface area contributed by atoms with Gasteiger partial charge in [-0.3, -0.25) is 0 Å². The van der Waals surface area contributed by atoms with Crippen LogP contribution in [-0.4, -0.2) is 17.1 Å². The molecule has 0 atom stereocenters. The Morgan fingerprint density at radius 3 is 1.93 bits per heavy atom. The van der Waals surface area contributed by atoms with E-state index in [0.29, 0.717) is 17.2 Å². The van der Waals surface area contributed by atoms with Crippen LogP contribution in [0, 0.1) is 0 Å². The molecule has 82 valence electrons. The highest BCUT2D eigenvalue weighted by Gasteiger charge is 2.15. The van der Waals surface area contributed by atoms with Gasteiger partial charge < -0.3 is 29.7 Å². The molecule has 6 heteroatoms. The van der Waals surface area contributed by atoms with Crippen LogP contribution < -0.4 is 39.1 Å². The molecule has 0 unspecified atom stereocenters. The van der Waals surface area contributed by atoms with E-state index in [1.807, 2.05) is 0 Å². The van der Waals surface area contributed by atoms with Gasteiger partial charge in [-0.15, -0.1) is 0 Å². The SMILES string of the molecule is CC(C)[N+](=c1nc(N)ss1)C(C)C.[I-]. The molecule has 0 aliphatic rings. The van der Waals surface area contributed by atoms with Crippen molar-refractivity contribution in [2.75, 3.05) is 5.73 Å². The molecule has 1 aromatic rings. The maximum atomic E-state index is 5.61. The van der Waals surface area contributed by atoms with Gasteiger partial charge in [0, 0.05) is 15.3 Å². The summed E-state index contributed by atoms with van der Waals surface area (Å²) < 4.78 is 2.28. The van der Waals surface area contributed by atoms with Crippen LogP contribution in [0.5, 0.6) is 0 Å². The van der Waals surface area contributed by atoms with Gasteiger partial charge in [0.25, 0.3) is 0 Å². The van der Waals surface area contributed by atoms with Gasteiger partial charge in [-0.25, -0.2) is 4.58 Å². The fraction of sp³-hybridized carbons (Fsp3) is 0.750. The minimum atomic E-state index is 0. The molecule has 0 radical (unpaired) electrons. The Labute approximate surface area is 109 Å². The van der Waals surface area contributed by atoms with Crippen molar-refractivity contribution >= 4 is 25.8 Å². The molecule has 0 bridgehead atoms. The largest absolute Gasteiger partial charge is 1.00 e. The fourth-order valence-corrected chi connectivity index (χ4v) is 3.30. The predicted molar refractivity (Wildman–Crippen MR) is 59.9 cm³/mol. The number of nitrogen functional groups attached to an aromatic ring is 1. The summed E-state index contributed by atoms with van der Waals surface area (Å²) in [6, 6.07) is 0.940. The third kappa shape index (κ3) is 3.47. The van der Waals surface area contributed by atoms with E-state index in [9.17, 15) is 0 Å². The van der Waals surface area contributed by atoms with Crippen LogP contribution in [0.2, 0.25) is 0 Å². The molecular formula is C8H16IN3S2.